The van der Waals surface area contributed by atoms with Crippen LogP contribution in [0.1, 0.15) is 20.3 Å². The van der Waals surface area contributed by atoms with Crippen molar-refractivity contribution in [3.05, 3.63) is 34.4 Å². The van der Waals surface area contributed by atoms with Crippen molar-refractivity contribution in [3.63, 3.8) is 0 Å². The number of carbonyl (C=O) groups is 1. The number of non-ortho nitro benzene ring substituents is 1. The standard InChI is InChI=1S/C14H17Cl3N4O3S/c1-8(2)6-11(22)19-12(14(15,16)17)20-13(25)18-9-4-3-5-10(7-9)21(23)24/h3-5,7-8,12H,6H2,1-2H3,(H,19,22)(H2,18,20,25). The number of nitro groups is 1. The van der Waals surface area contributed by atoms with Gasteiger partial charge in [0.15, 0.2) is 5.11 Å². The first-order valence-corrected chi connectivity index (χ1v) is 8.71. The number of halogens is 3. The molecule has 3 N–H and O–H groups in total. The van der Waals surface area contributed by atoms with Crippen LogP contribution >= 0.6 is 47.0 Å². The largest absolute Gasteiger partial charge is 0.339 e. The number of nitro benzene ring substituents is 1. The van der Waals surface area contributed by atoms with Crippen LogP contribution in [0.2, 0.25) is 0 Å². The SMILES string of the molecule is CC(C)CC(=O)NC(NC(=S)Nc1cccc([N+](=O)[O-])c1)C(Cl)(Cl)Cl. The molecule has 1 amide bonds. The Bertz CT molecular complexity index is 652. The molecule has 1 atom stereocenters. The smallest absolute Gasteiger partial charge is 0.271 e. The monoisotopic (exact) mass is 426 g/mol. The predicted octanol–water partition coefficient (Wildman–Crippen LogP) is 3.74. The Morgan fingerprint density at radius 2 is 1.96 bits per heavy atom. The molecule has 1 unspecified atom stereocenters. The van der Waals surface area contributed by atoms with Crippen LogP contribution in [-0.4, -0.2) is 25.9 Å². The third-order valence-corrected chi connectivity index (χ3v) is 3.69. The van der Waals surface area contributed by atoms with Gasteiger partial charge in [0.05, 0.1) is 4.92 Å². The molecule has 0 radical (unpaired) electrons. The number of amides is 1. The maximum atomic E-state index is 11.9. The van der Waals surface area contributed by atoms with Gasteiger partial charge in [0.2, 0.25) is 9.70 Å². The average Bonchev–Trinajstić information content (AvgIpc) is 2.44. The lowest BCUT2D eigenvalue weighted by molar-refractivity contribution is -0.384. The highest BCUT2D eigenvalue weighted by molar-refractivity contribution is 7.80. The summed E-state index contributed by atoms with van der Waals surface area (Å²) in [7, 11) is 0. The summed E-state index contributed by atoms with van der Waals surface area (Å²) in [6.45, 7) is 3.76. The Kier molecular flexibility index (Phi) is 8.14. The highest BCUT2D eigenvalue weighted by atomic mass is 35.6. The molecule has 0 aliphatic rings. The average molecular weight is 428 g/mol. The summed E-state index contributed by atoms with van der Waals surface area (Å²) in [4.78, 5) is 22.2. The van der Waals surface area contributed by atoms with E-state index in [0.29, 0.717) is 5.69 Å². The summed E-state index contributed by atoms with van der Waals surface area (Å²) >= 11 is 22.7. The number of anilines is 1. The van der Waals surface area contributed by atoms with Gasteiger partial charge < -0.3 is 16.0 Å². The maximum Gasteiger partial charge on any atom is 0.271 e. The van der Waals surface area contributed by atoms with Crippen LogP contribution in [0.25, 0.3) is 0 Å². The number of alkyl halides is 3. The molecule has 1 aromatic carbocycles. The van der Waals surface area contributed by atoms with Crippen molar-refractivity contribution in [1.29, 1.82) is 0 Å². The summed E-state index contributed by atoms with van der Waals surface area (Å²) in [5, 5.41) is 18.8. The normalized spacial score (nSPS) is 12.4. The van der Waals surface area contributed by atoms with E-state index in [1.54, 1.807) is 6.07 Å². The lowest BCUT2D eigenvalue weighted by Crippen LogP contribution is -2.56. The summed E-state index contributed by atoms with van der Waals surface area (Å²) in [6.07, 6.45) is -0.827. The quantitative estimate of drug-likeness (QED) is 0.210. The number of hydrogen-bond acceptors (Lipinski definition) is 4. The van der Waals surface area contributed by atoms with Gasteiger partial charge in [-0.1, -0.05) is 54.7 Å². The molecule has 0 bridgehead atoms. The van der Waals surface area contributed by atoms with Crippen LogP contribution < -0.4 is 16.0 Å². The summed E-state index contributed by atoms with van der Waals surface area (Å²) in [5.41, 5.74) is 0.277. The highest BCUT2D eigenvalue weighted by Gasteiger charge is 2.34. The molecule has 0 saturated heterocycles. The molecule has 11 heteroatoms. The van der Waals surface area contributed by atoms with Gasteiger partial charge in [0.1, 0.15) is 6.17 Å². The van der Waals surface area contributed by atoms with Crippen molar-refractivity contribution < 1.29 is 9.72 Å². The van der Waals surface area contributed by atoms with E-state index in [1.165, 1.54) is 18.2 Å². The zero-order valence-corrected chi connectivity index (χ0v) is 16.5. The Balaban J connectivity index is 2.77. The van der Waals surface area contributed by atoms with Crippen molar-refractivity contribution in [2.75, 3.05) is 5.32 Å². The molecular weight excluding hydrogens is 411 g/mol. The zero-order chi connectivity index (χ0) is 19.2. The van der Waals surface area contributed by atoms with E-state index < -0.39 is 14.9 Å². The topological polar surface area (TPSA) is 96.3 Å². The molecule has 0 aliphatic heterocycles. The fourth-order valence-electron chi connectivity index (χ4n) is 1.79. The van der Waals surface area contributed by atoms with Crippen LogP contribution in [-0.2, 0) is 4.79 Å². The minimum atomic E-state index is -1.86. The molecule has 0 fully saturated rings. The van der Waals surface area contributed by atoms with E-state index in [2.05, 4.69) is 16.0 Å². The van der Waals surface area contributed by atoms with Crippen molar-refractivity contribution >= 4 is 69.4 Å². The zero-order valence-electron chi connectivity index (χ0n) is 13.4. The Hall–Kier alpha value is -1.35. The minimum Gasteiger partial charge on any atom is -0.339 e. The highest BCUT2D eigenvalue weighted by Crippen LogP contribution is 2.29. The van der Waals surface area contributed by atoms with Crippen molar-refractivity contribution in [1.82, 2.24) is 10.6 Å². The van der Waals surface area contributed by atoms with Gasteiger partial charge in [-0.25, -0.2) is 0 Å². The Morgan fingerprint density at radius 1 is 1.32 bits per heavy atom. The number of hydrogen-bond donors (Lipinski definition) is 3. The van der Waals surface area contributed by atoms with E-state index in [1.807, 2.05) is 13.8 Å². The van der Waals surface area contributed by atoms with Crippen LogP contribution in [0.15, 0.2) is 24.3 Å². The number of nitrogens with one attached hydrogen (secondary N) is 3. The molecule has 7 nitrogen and oxygen atoms in total. The van der Waals surface area contributed by atoms with Gasteiger partial charge >= 0.3 is 0 Å². The first-order chi connectivity index (χ1) is 11.5. The van der Waals surface area contributed by atoms with Gasteiger partial charge in [-0.15, -0.1) is 0 Å². The van der Waals surface area contributed by atoms with Crippen molar-refractivity contribution in [2.24, 2.45) is 5.92 Å². The lowest BCUT2D eigenvalue weighted by Gasteiger charge is -2.28. The number of carbonyl (C=O) groups excluding carboxylic acids is 1. The van der Waals surface area contributed by atoms with Crippen LogP contribution in [0.4, 0.5) is 11.4 Å². The first-order valence-electron chi connectivity index (χ1n) is 7.17. The van der Waals surface area contributed by atoms with Crippen LogP contribution in [0.5, 0.6) is 0 Å². The number of rotatable bonds is 6. The van der Waals surface area contributed by atoms with Gasteiger partial charge in [-0.3, -0.25) is 14.9 Å². The van der Waals surface area contributed by atoms with Gasteiger partial charge in [0, 0.05) is 24.2 Å². The summed E-state index contributed by atoms with van der Waals surface area (Å²) in [5.74, 6) is -0.178. The maximum absolute atomic E-state index is 11.9. The third-order valence-electron chi connectivity index (χ3n) is 2.82. The second-order valence-corrected chi connectivity index (χ2v) is 8.32. The number of thiocarbonyl (C=S) groups is 1. The second kappa shape index (κ2) is 9.38. The van der Waals surface area contributed by atoms with E-state index in [9.17, 15) is 14.9 Å². The van der Waals surface area contributed by atoms with E-state index >= 15 is 0 Å². The molecule has 0 aliphatic carbocycles. The molecule has 138 valence electrons. The molecule has 1 rings (SSSR count). The fraction of sp³-hybridized carbons (Fsp3) is 0.429. The Morgan fingerprint density at radius 3 is 2.48 bits per heavy atom. The van der Waals surface area contributed by atoms with Crippen molar-refractivity contribution in [2.45, 2.75) is 30.2 Å². The second-order valence-electron chi connectivity index (χ2n) is 5.55. The Labute approximate surface area is 165 Å². The van der Waals surface area contributed by atoms with E-state index in [-0.39, 0.29) is 29.0 Å². The van der Waals surface area contributed by atoms with Crippen molar-refractivity contribution in [3.8, 4) is 0 Å². The van der Waals surface area contributed by atoms with Gasteiger partial charge in [-0.05, 0) is 24.2 Å². The molecule has 0 heterocycles. The van der Waals surface area contributed by atoms with Gasteiger partial charge in [-0.2, -0.15) is 0 Å². The fourth-order valence-corrected chi connectivity index (χ4v) is 2.35. The molecule has 0 spiro atoms. The molecule has 0 saturated carbocycles. The van der Waals surface area contributed by atoms with Crippen LogP contribution in [0.3, 0.4) is 0 Å². The van der Waals surface area contributed by atoms with E-state index in [0.717, 1.165) is 0 Å². The number of nitrogens with zero attached hydrogens (tertiary/aromatic N) is 1. The minimum absolute atomic E-state index is 0.0293. The van der Waals surface area contributed by atoms with E-state index in [4.69, 9.17) is 47.0 Å². The molecule has 1 aromatic rings. The molecule has 0 aromatic heterocycles. The van der Waals surface area contributed by atoms with Crippen LogP contribution in [0, 0.1) is 16.0 Å². The lowest BCUT2D eigenvalue weighted by atomic mass is 10.1. The number of benzene rings is 1. The van der Waals surface area contributed by atoms with Gasteiger partial charge in [0.25, 0.3) is 5.69 Å². The summed E-state index contributed by atoms with van der Waals surface area (Å²) in [6, 6.07) is 5.73. The first kappa shape index (κ1) is 21.7. The third kappa shape index (κ3) is 8.04. The molecular formula is C14H17Cl3N4O3S. The molecule has 25 heavy (non-hydrogen) atoms. The predicted molar refractivity (Wildman–Crippen MR) is 104 cm³/mol. The summed E-state index contributed by atoms with van der Waals surface area (Å²) < 4.78 is -1.86.